The predicted molar refractivity (Wildman–Crippen MR) is 246 cm³/mol. The average Bonchev–Trinajstić information content (AvgIpc) is 3.65. The van der Waals surface area contributed by atoms with Crippen molar-refractivity contribution >= 4 is 64.9 Å². The summed E-state index contributed by atoms with van der Waals surface area (Å²) in [5.74, 6) is 1.89. The fourth-order valence-corrected chi connectivity index (χ4v) is 9.15. The van der Waals surface area contributed by atoms with Crippen molar-refractivity contribution in [3.63, 3.8) is 0 Å². The van der Waals surface area contributed by atoms with E-state index in [9.17, 15) is 0 Å². The zero-order valence-corrected chi connectivity index (χ0v) is 31.9. The van der Waals surface area contributed by atoms with Gasteiger partial charge in [0.2, 0.25) is 0 Å². The van der Waals surface area contributed by atoms with Gasteiger partial charge in [-0.2, -0.15) is 0 Å². The van der Waals surface area contributed by atoms with Crippen LogP contribution in [0.15, 0.2) is 206 Å². The van der Waals surface area contributed by atoms with E-state index in [4.69, 9.17) is 15.0 Å². The molecule has 0 aliphatic carbocycles. The first-order valence-electron chi connectivity index (χ1n) is 20.0. The van der Waals surface area contributed by atoms with Crippen LogP contribution in [0, 0.1) is 0 Å². The Morgan fingerprint density at radius 3 is 1.58 bits per heavy atom. The smallest absolute Gasteiger partial charge is 0.164 e. The van der Waals surface area contributed by atoms with Crippen molar-refractivity contribution in [1.29, 1.82) is 0 Å². The lowest BCUT2D eigenvalue weighted by molar-refractivity contribution is 1.07. The van der Waals surface area contributed by atoms with Gasteiger partial charge in [-0.3, -0.25) is 0 Å². The zero-order valence-electron chi connectivity index (χ0n) is 31.9. The largest absolute Gasteiger partial charge is 0.309 e. The summed E-state index contributed by atoms with van der Waals surface area (Å²) in [7, 11) is 0. The molecule has 4 nitrogen and oxygen atoms in total. The van der Waals surface area contributed by atoms with Crippen LogP contribution in [0.5, 0.6) is 0 Å². The normalized spacial score (nSPS) is 11.7. The van der Waals surface area contributed by atoms with Crippen molar-refractivity contribution < 1.29 is 0 Å². The fourth-order valence-electron chi connectivity index (χ4n) is 9.15. The maximum Gasteiger partial charge on any atom is 0.164 e. The maximum atomic E-state index is 5.30. The molecule has 0 N–H and O–H groups in total. The number of fused-ring (bicyclic) bond motifs is 8. The number of hydrogen-bond acceptors (Lipinski definition) is 3. The number of aromatic nitrogens is 4. The Bertz CT molecular complexity index is 3570. The summed E-state index contributed by atoms with van der Waals surface area (Å²) < 4.78 is 2.33. The molecular formula is C55H34N4. The van der Waals surface area contributed by atoms with Crippen LogP contribution in [0.2, 0.25) is 0 Å². The van der Waals surface area contributed by atoms with Gasteiger partial charge in [0.15, 0.2) is 17.5 Å². The van der Waals surface area contributed by atoms with Crippen molar-refractivity contribution in [3.8, 4) is 51.0 Å². The second-order valence-corrected chi connectivity index (χ2v) is 15.2. The lowest BCUT2D eigenvalue weighted by atomic mass is 9.87. The Kier molecular flexibility index (Phi) is 7.50. The Labute approximate surface area is 340 Å². The van der Waals surface area contributed by atoms with Crippen LogP contribution < -0.4 is 0 Å². The van der Waals surface area contributed by atoms with E-state index in [0.717, 1.165) is 44.2 Å². The van der Waals surface area contributed by atoms with Gasteiger partial charge in [0, 0.05) is 33.2 Å². The Morgan fingerprint density at radius 2 is 0.831 bits per heavy atom. The Hall–Kier alpha value is -7.95. The summed E-state index contributed by atoms with van der Waals surface area (Å²) in [6, 6.07) is 73.4. The van der Waals surface area contributed by atoms with E-state index in [1.54, 1.807) is 0 Å². The molecule has 0 bridgehead atoms. The van der Waals surface area contributed by atoms with Crippen LogP contribution in [-0.4, -0.2) is 19.5 Å². The van der Waals surface area contributed by atoms with Gasteiger partial charge in [-0.1, -0.05) is 170 Å². The van der Waals surface area contributed by atoms with Crippen LogP contribution in [0.25, 0.3) is 116 Å². The molecule has 0 saturated heterocycles. The highest BCUT2D eigenvalue weighted by atomic mass is 15.0. The highest BCUT2D eigenvalue weighted by molar-refractivity contribution is 6.23. The summed E-state index contributed by atoms with van der Waals surface area (Å²) in [5, 5.41) is 12.1. The molecule has 0 aliphatic heterocycles. The van der Waals surface area contributed by atoms with Crippen molar-refractivity contribution in [1.82, 2.24) is 19.5 Å². The zero-order chi connectivity index (χ0) is 38.9. The molecule has 0 radical (unpaired) electrons. The third-order valence-corrected chi connectivity index (χ3v) is 11.8. The molecule has 0 fully saturated rings. The third-order valence-electron chi connectivity index (χ3n) is 11.8. The first-order chi connectivity index (χ1) is 29.3. The molecule has 12 rings (SSSR count). The van der Waals surface area contributed by atoms with E-state index in [1.165, 1.54) is 54.2 Å². The van der Waals surface area contributed by atoms with Gasteiger partial charge in [-0.25, -0.2) is 15.0 Å². The van der Waals surface area contributed by atoms with Crippen LogP contribution in [-0.2, 0) is 0 Å². The maximum absolute atomic E-state index is 5.30. The SMILES string of the molecule is c1ccc(-c2nc(-c3cccc(-n4c5ccccc5c5ccccc54)c3)nc(-c3ccc(-c4c5ccccc5cc5c4ccc4ccccc45)c4ccccc34)n2)cc1. The molecule has 12 aromatic rings. The molecule has 0 atom stereocenters. The molecule has 0 amide bonds. The first-order valence-corrected chi connectivity index (χ1v) is 20.0. The first kappa shape index (κ1) is 33.2. The quantitative estimate of drug-likeness (QED) is 0.130. The lowest BCUT2D eigenvalue weighted by Crippen LogP contribution is -2.01. The molecule has 59 heavy (non-hydrogen) atoms. The molecule has 4 heteroatoms. The molecule has 0 unspecified atom stereocenters. The topological polar surface area (TPSA) is 43.6 Å². The average molecular weight is 751 g/mol. The molecular weight excluding hydrogens is 717 g/mol. The summed E-state index contributed by atoms with van der Waals surface area (Å²) in [6.07, 6.45) is 0. The lowest BCUT2D eigenvalue weighted by Gasteiger charge is -2.17. The summed E-state index contributed by atoms with van der Waals surface area (Å²) in [5.41, 5.74) is 8.59. The van der Waals surface area contributed by atoms with E-state index in [1.807, 2.05) is 18.2 Å². The van der Waals surface area contributed by atoms with E-state index < -0.39 is 0 Å². The highest BCUT2D eigenvalue weighted by Crippen LogP contribution is 2.44. The predicted octanol–water partition coefficient (Wildman–Crippen LogP) is 14.2. The van der Waals surface area contributed by atoms with E-state index in [-0.39, 0.29) is 0 Å². The van der Waals surface area contributed by atoms with Gasteiger partial charge in [-0.15, -0.1) is 0 Å². The van der Waals surface area contributed by atoms with Gasteiger partial charge >= 0.3 is 0 Å². The van der Waals surface area contributed by atoms with Crippen LogP contribution in [0.4, 0.5) is 0 Å². The molecule has 274 valence electrons. The minimum atomic E-state index is 0.622. The third kappa shape index (κ3) is 5.34. The van der Waals surface area contributed by atoms with Crippen LogP contribution in [0.1, 0.15) is 0 Å². The second kappa shape index (κ2) is 13.3. The minimum Gasteiger partial charge on any atom is -0.309 e. The van der Waals surface area contributed by atoms with Crippen molar-refractivity contribution in [2.75, 3.05) is 0 Å². The number of hydrogen-bond donors (Lipinski definition) is 0. The summed E-state index contributed by atoms with van der Waals surface area (Å²) in [4.78, 5) is 15.7. The fraction of sp³-hybridized carbons (Fsp3) is 0. The summed E-state index contributed by atoms with van der Waals surface area (Å²) in [6.45, 7) is 0. The standard InChI is InChI=1S/C55H34N4/c1-2-16-36(17-3-1)53-56-54(38-19-14-20-39(33-38)59-50-27-12-10-25-44(50)45-26-11-13-28-51(45)59)58-55(57-53)48-32-31-46(42-23-8-9-24-43(42)48)52-41-22-7-5-18-37(41)34-49-40-21-6-4-15-35(40)29-30-47(49)52/h1-34H. The molecule has 2 aromatic heterocycles. The van der Waals surface area contributed by atoms with E-state index >= 15 is 0 Å². The van der Waals surface area contributed by atoms with Crippen LogP contribution >= 0.6 is 0 Å². The molecule has 2 heterocycles. The van der Waals surface area contributed by atoms with Gasteiger partial charge in [0.25, 0.3) is 0 Å². The minimum absolute atomic E-state index is 0.622. The second-order valence-electron chi connectivity index (χ2n) is 15.2. The summed E-state index contributed by atoms with van der Waals surface area (Å²) >= 11 is 0. The monoisotopic (exact) mass is 750 g/mol. The number of benzene rings is 10. The van der Waals surface area contributed by atoms with E-state index in [2.05, 4.69) is 193 Å². The molecule has 0 saturated carbocycles. The van der Waals surface area contributed by atoms with Gasteiger partial charge in [0.1, 0.15) is 0 Å². The molecule has 0 aliphatic rings. The number of nitrogens with zero attached hydrogens (tertiary/aromatic N) is 4. The van der Waals surface area contributed by atoms with Crippen LogP contribution in [0.3, 0.4) is 0 Å². The van der Waals surface area contributed by atoms with Gasteiger partial charge < -0.3 is 4.57 Å². The molecule has 10 aromatic carbocycles. The Balaban J connectivity index is 1.08. The number of rotatable bonds is 5. The van der Waals surface area contributed by atoms with Crippen molar-refractivity contribution in [2.24, 2.45) is 0 Å². The van der Waals surface area contributed by atoms with Crippen molar-refractivity contribution in [2.45, 2.75) is 0 Å². The van der Waals surface area contributed by atoms with E-state index in [0.29, 0.717) is 17.5 Å². The van der Waals surface area contributed by atoms with Gasteiger partial charge in [0.05, 0.1) is 11.0 Å². The Morgan fingerprint density at radius 1 is 0.288 bits per heavy atom. The number of para-hydroxylation sites is 2. The molecule has 0 spiro atoms. The highest BCUT2D eigenvalue weighted by Gasteiger charge is 2.20. The van der Waals surface area contributed by atoms with Gasteiger partial charge in [-0.05, 0) is 90.6 Å². The van der Waals surface area contributed by atoms with Crippen molar-refractivity contribution in [3.05, 3.63) is 206 Å².